The first-order valence-electron chi connectivity index (χ1n) is 6.37. The predicted octanol–water partition coefficient (Wildman–Crippen LogP) is 2.22. The number of carbonyl (C=O) groups is 1. The van der Waals surface area contributed by atoms with E-state index in [0.717, 1.165) is 0 Å². The molecule has 0 spiro atoms. The molecule has 1 aliphatic rings. The second-order valence-electron chi connectivity index (χ2n) is 4.90. The number of benzene rings is 1. The van der Waals surface area contributed by atoms with Gasteiger partial charge in [0, 0.05) is 24.5 Å². The van der Waals surface area contributed by atoms with Crippen molar-refractivity contribution in [2.75, 3.05) is 13.1 Å². The van der Waals surface area contributed by atoms with E-state index in [-0.39, 0.29) is 17.2 Å². The first kappa shape index (κ1) is 15.3. The molecule has 1 heterocycles. The SMILES string of the molecule is O=C(O)CCC1CCN(S(=O)(=O)c2ccc(Cl)cc2)C1. The van der Waals surface area contributed by atoms with Crippen LogP contribution in [0.3, 0.4) is 0 Å². The zero-order valence-electron chi connectivity index (χ0n) is 10.8. The van der Waals surface area contributed by atoms with Crippen LogP contribution in [0.2, 0.25) is 5.02 Å². The molecular formula is C13H16ClNO4S. The standard InChI is InChI=1S/C13H16ClNO4S/c14-11-2-4-12(5-3-11)20(18,19)15-8-7-10(9-15)1-6-13(16)17/h2-5,10H,1,6-9H2,(H,16,17). The van der Waals surface area contributed by atoms with Crippen LogP contribution in [0.4, 0.5) is 0 Å². The summed E-state index contributed by atoms with van der Waals surface area (Å²) < 4.78 is 26.2. The van der Waals surface area contributed by atoms with Crippen LogP contribution >= 0.6 is 11.6 Å². The van der Waals surface area contributed by atoms with Gasteiger partial charge in [-0.15, -0.1) is 0 Å². The maximum atomic E-state index is 12.4. The Hall–Kier alpha value is -1.11. The predicted molar refractivity (Wildman–Crippen MR) is 75.2 cm³/mol. The first-order chi connectivity index (χ1) is 9.39. The van der Waals surface area contributed by atoms with Crippen molar-refractivity contribution in [1.29, 1.82) is 0 Å². The molecule has 20 heavy (non-hydrogen) atoms. The molecule has 0 saturated carbocycles. The van der Waals surface area contributed by atoms with Crippen molar-refractivity contribution < 1.29 is 18.3 Å². The molecule has 7 heteroatoms. The lowest BCUT2D eigenvalue weighted by Gasteiger charge is -2.16. The first-order valence-corrected chi connectivity index (χ1v) is 8.19. The lowest BCUT2D eigenvalue weighted by atomic mass is 10.0. The quantitative estimate of drug-likeness (QED) is 0.903. The van der Waals surface area contributed by atoms with Gasteiger partial charge in [-0.05, 0) is 43.0 Å². The highest BCUT2D eigenvalue weighted by molar-refractivity contribution is 7.89. The highest BCUT2D eigenvalue weighted by Gasteiger charge is 2.32. The van der Waals surface area contributed by atoms with E-state index in [2.05, 4.69) is 0 Å². The van der Waals surface area contributed by atoms with Crippen LogP contribution in [0, 0.1) is 5.92 Å². The van der Waals surface area contributed by atoms with Gasteiger partial charge in [-0.3, -0.25) is 4.79 Å². The van der Waals surface area contributed by atoms with Crippen LogP contribution in [0.15, 0.2) is 29.2 Å². The molecular weight excluding hydrogens is 302 g/mol. The van der Waals surface area contributed by atoms with Crippen molar-refractivity contribution in [3.63, 3.8) is 0 Å². The lowest BCUT2D eigenvalue weighted by Crippen LogP contribution is -2.28. The molecule has 0 aromatic heterocycles. The van der Waals surface area contributed by atoms with Crippen molar-refractivity contribution >= 4 is 27.6 Å². The monoisotopic (exact) mass is 317 g/mol. The number of nitrogens with zero attached hydrogens (tertiary/aromatic N) is 1. The van der Waals surface area contributed by atoms with E-state index in [0.29, 0.717) is 31.0 Å². The molecule has 1 atom stereocenters. The number of carboxylic acids is 1. The smallest absolute Gasteiger partial charge is 0.303 e. The topological polar surface area (TPSA) is 74.7 Å². The minimum absolute atomic E-state index is 0.0828. The van der Waals surface area contributed by atoms with E-state index >= 15 is 0 Å². The number of rotatable bonds is 5. The van der Waals surface area contributed by atoms with E-state index in [1.165, 1.54) is 16.4 Å². The Morgan fingerprint density at radius 2 is 2.00 bits per heavy atom. The summed E-state index contributed by atoms with van der Waals surface area (Å²) >= 11 is 5.75. The fourth-order valence-electron chi connectivity index (χ4n) is 2.33. The minimum atomic E-state index is -3.50. The lowest BCUT2D eigenvalue weighted by molar-refractivity contribution is -0.137. The molecule has 1 fully saturated rings. The summed E-state index contributed by atoms with van der Waals surface area (Å²) in [4.78, 5) is 10.8. The Kier molecular flexibility index (Phi) is 4.67. The average molecular weight is 318 g/mol. The molecule has 0 radical (unpaired) electrons. The second-order valence-corrected chi connectivity index (χ2v) is 7.28. The molecule has 5 nitrogen and oxygen atoms in total. The maximum Gasteiger partial charge on any atom is 0.303 e. The van der Waals surface area contributed by atoms with Gasteiger partial charge < -0.3 is 5.11 Å². The molecule has 0 amide bonds. The zero-order chi connectivity index (χ0) is 14.8. The number of halogens is 1. The number of aliphatic carboxylic acids is 1. The summed E-state index contributed by atoms with van der Waals surface area (Å²) in [5.41, 5.74) is 0. The van der Waals surface area contributed by atoms with Crippen LogP contribution in [0.1, 0.15) is 19.3 Å². The van der Waals surface area contributed by atoms with E-state index in [9.17, 15) is 13.2 Å². The molecule has 1 saturated heterocycles. The Labute approximate surface area is 123 Å². The van der Waals surface area contributed by atoms with Gasteiger partial charge in [0.05, 0.1) is 4.90 Å². The van der Waals surface area contributed by atoms with Gasteiger partial charge in [0.15, 0.2) is 0 Å². The fourth-order valence-corrected chi connectivity index (χ4v) is 3.99. The van der Waals surface area contributed by atoms with Gasteiger partial charge in [0.1, 0.15) is 0 Å². The molecule has 1 unspecified atom stereocenters. The summed E-state index contributed by atoms with van der Waals surface area (Å²) in [6.07, 6.45) is 1.31. The van der Waals surface area contributed by atoms with Gasteiger partial charge in [-0.1, -0.05) is 11.6 Å². The Morgan fingerprint density at radius 3 is 2.60 bits per heavy atom. The molecule has 2 rings (SSSR count). The Bertz CT molecular complexity index is 585. The van der Waals surface area contributed by atoms with Crippen molar-refractivity contribution in [3.05, 3.63) is 29.3 Å². The van der Waals surface area contributed by atoms with E-state index in [1.807, 2.05) is 0 Å². The van der Waals surface area contributed by atoms with Crippen LogP contribution < -0.4 is 0 Å². The van der Waals surface area contributed by atoms with E-state index < -0.39 is 16.0 Å². The van der Waals surface area contributed by atoms with Crippen molar-refractivity contribution in [2.24, 2.45) is 5.92 Å². The van der Waals surface area contributed by atoms with E-state index in [1.54, 1.807) is 12.1 Å². The number of hydrogen-bond acceptors (Lipinski definition) is 3. The van der Waals surface area contributed by atoms with E-state index in [4.69, 9.17) is 16.7 Å². The Morgan fingerprint density at radius 1 is 1.35 bits per heavy atom. The van der Waals surface area contributed by atoms with Gasteiger partial charge in [-0.25, -0.2) is 8.42 Å². The van der Waals surface area contributed by atoms with Crippen molar-refractivity contribution in [1.82, 2.24) is 4.31 Å². The van der Waals surface area contributed by atoms with Crippen molar-refractivity contribution in [3.8, 4) is 0 Å². The summed E-state index contributed by atoms with van der Waals surface area (Å²) in [5.74, 6) is -0.725. The third-order valence-corrected chi connectivity index (χ3v) is 5.60. The summed E-state index contributed by atoms with van der Waals surface area (Å²) in [6, 6.07) is 6.07. The third-order valence-electron chi connectivity index (χ3n) is 3.47. The number of sulfonamides is 1. The zero-order valence-corrected chi connectivity index (χ0v) is 12.4. The summed E-state index contributed by atoms with van der Waals surface area (Å²) in [6.45, 7) is 0.827. The number of carboxylic acid groups (broad SMARTS) is 1. The fraction of sp³-hybridized carbons (Fsp3) is 0.462. The molecule has 0 bridgehead atoms. The third kappa shape index (κ3) is 3.50. The average Bonchev–Trinajstić information content (AvgIpc) is 2.86. The molecule has 1 aromatic carbocycles. The maximum absolute atomic E-state index is 12.4. The highest BCUT2D eigenvalue weighted by Crippen LogP contribution is 2.27. The largest absolute Gasteiger partial charge is 0.481 e. The second kappa shape index (κ2) is 6.11. The summed E-state index contributed by atoms with van der Waals surface area (Å²) in [5, 5.41) is 9.15. The summed E-state index contributed by atoms with van der Waals surface area (Å²) in [7, 11) is -3.50. The number of hydrogen-bond donors (Lipinski definition) is 1. The molecule has 1 aromatic rings. The normalized spacial score (nSPS) is 20.1. The molecule has 0 aliphatic carbocycles. The van der Waals surface area contributed by atoms with Crippen LogP contribution in [-0.2, 0) is 14.8 Å². The minimum Gasteiger partial charge on any atom is -0.481 e. The van der Waals surface area contributed by atoms with Gasteiger partial charge in [0.2, 0.25) is 10.0 Å². The highest BCUT2D eigenvalue weighted by atomic mass is 35.5. The van der Waals surface area contributed by atoms with Gasteiger partial charge in [0.25, 0.3) is 0 Å². The molecule has 1 N–H and O–H groups in total. The molecule has 1 aliphatic heterocycles. The van der Waals surface area contributed by atoms with Crippen molar-refractivity contribution in [2.45, 2.75) is 24.2 Å². The molecule has 110 valence electrons. The van der Waals surface area contributed by atoms with Gasteiger partial charge >= 0.3 is 5.97 Å². The van der Waals surface area contributed by atoms with Crippen LogP contribution in [0.25, 0.3) is 0 Å². The van der Waals surface area contributed by atoms with Gasteiger partial charge in [-0.2, -0.15) is 4.31 Å². The van der Waals surface area contributed by atoms with Crippen LogP contribution in [0.5, 0.6) is 0 Å². The Balaban J connectivity index is 2.05. The van der Waals surface area contributed by atoms with Crippen LogP contribution in [-0.4, -0.2) is 36.9 Å².